The minimum absolute atomic E-state index is 0.622. The second-order valence-electron chi connectivity index (χ2n) is 15.5. The lowest BCUT2D eigenvalue weighted by molar-refractivity contribution is 1.07. The van der Waals surface area contributed by atoms with Crippen molar-refractivity contribution in [1.29, 1.82) is 0 Å². The van der Waals surface area contributed by atoms with Crippen LogP contribution in [-0.2, 0) is 0 Å². The summed E-state index contributed by atoms with van der Waals surface area (Å²) in [6.07, 6.45) is 11.7. The molecule has 0 spiro atoms. The van der Waals surface area contributed by atoms with Crippen molar-refractivity contribution in [1.82, 2.24) is 15.0 Å². The first kappa shape index (κ1) is 36.1. The maximum atomic E-state index is 5.22. The van der Waals surface area contributed by atoms with Gasteiger partial charge in [0.1, 0.15) is 0 Å². The summed E-state index contributed by atoms with van der Waals surface area (Å²) in [4.78, 5) is 15.6. The molecule has 0 amide bonds. The maximum absolute atomic E-state index is 5.22. The van der Waals surface area contributed by atoms with Crippen molar-refractivity contribution in [2.75, 3.05) is 0 Å². The molecule has 1 aliphatic carbocycles. The van der Waals surface area contributed by atoms with E-state index in [9.17, 15) is 0 Å². The Bertz CT molecular complexity index is 3360. The van der Waals surface area contributed by atoms with Gasteiger partial charge in [-0.05, 0) is 108 Å². The number of nitrogens with zero attached hydrogens (tertiary/aromatic N) is 3. The molecule has 0 aliphatic heterocycles. The van der Waals surface area contributed by atoms with E-state index < -0.39 is 0 Å². The number of hydrogen-bond donors (Lipinski definition) is 0. The first-order chi connectivity index (χ1) is 30.2. The Morgan fingerprint density at radius 3 is 1.36 bits per heavy atom. The Morgan fingerprint density at radius 2 is 0.738 bits per heavy atom. The van der Waals surface area contributed by atoms with Gasteiger partial charge >= 0.3 is 0 Å². The van der Waals surface area contributed by atoms with Crippen LogP contribution in [0.15, 0.2) is 225 Å². The van der Waals surface area contributed by atoms with E-state index in [1.807, 2.05) is 6.07 Å². The summed E-state index contributed by atoms with van der Waals surface area (Å²) >= 11 is 0. The molecule has 0 bridgehead atoms. The minimum Gasteiger partial charge on any atom is -0.208 e. The van der Waals surface area contributed by atoms with Gasteiger partial charge in [-0.2, -0.15) is 0 Å². The van der Waals surface area contributed by atoms with Crippen LogP contribution in [0.5, 0.6) is 0 Å². The standard InChI is InChI=1S/C58H39N3/c1-2-5-18-39(17-4-1)41-21-14-24-45(35-41)56-59-57(46-25-15-22-42(36-46)40-19-6-3-7-20-40)61-58(60-56)47-26-16-23-43(37-47)48-27-8-9-28-49(48)44-33-34-54-52-31-11-10-29-50(52)51-30-12-13-32-53(51)55(54)38-44/h1-4,6-38H,5H2. The maximum Gasteiger partial charge on any atom is 0.164 e. The Morgan fingerprint density at radius 1 is 0.295 bits per heavy atom. The van der Waals surface area contributed by atoms with Crippen molar-refractivity contribution in [3.8, 4) is 67.5 Å². The number of hydrogen-bond acceptors (Lipinski definition) is 3. The lowest BCUT2D eigenvalue weighted by Crippen LogP contribution is -2.01. The van der Waals surface area contributed by atoms with E-state index in [-0.39, 0.29) is 0 Å². The highest BCUT2D eigenvalue weighted by Crippen LogP contribution is 2.40. The van der Waals surface area contributed by atoms with Crippen molar-refractivity contribution in [2.24, 2.45) is 0 Å². The number of allylic oxidation sites excluding steroid dienone is 6. The fraction of sp³-hybridized carbons (Fsp3) is 0.0172. The molecule has 1 aliphatic rings. The smallest absolute Gasteiger partial charge is 0.164 e. The van der Waals surface area contributed by atoms with Gasteiger partial charge in [0.05, 0.1) is 0 Å². The first-order valence-corrected chi connectivity index (χ1v) is 20.8. The second-order valence-corrected chi connectivity index (χ2v) is 15.5. The number of aromatic nitrogens is 3. The van der Waals surface area contributed by atoms with E-state index in [4.69, 9.17) is 15.0 Å². The first-order valence-electron chi connectivity index (χ1n) is 20.8. The quantitative estimate of drug-likeness (QED) is 0.151. The van der Waals surface area contributed by atoms with Gasteiger partial charge in [0.15, 0.2) is 17.5 Å². The summed E-state index contributed by atoms with van der Waals surface area (Å²) in [5, 5.41) is 7.60. The second kappa shape index (κ2) is 15.6. The topological polar surface area (TPSA) is 38.7 Å². The van der Waals surface area contributed by atoms with Crippen LogP contribution in [0.1, 0.15) is 12.0 Å². The zero-order valence-electron chi connectivity index (χ0n) is 33.4. The van der Waals surface area contributed by atoms with E-state index >= 15 is 0 Å². The average Bonchev–Trinajstić information content (AvgIpc) is 3.64. The van der Waals surface area contributed by atoms with Crippen LogP contribution < -0.4 is 0 Å². The predicted octanol–water partition coefficient (Wildman–Crippen LogP) is 15.2. The van der Waals surface area contributed by atoms with E-state index in [1.165, 1.54) is 49.0 Å². The van der Waals surface area contributed by atoms with Gasteiger partial charge in [-0.3, -0.25) is 0 Å². The SMILES string of the molecule is C1=CCC=C(c2cccc(-c3nc(-c4cccc(-c5ccccc5)c4)nc(-c4cccc(-c5ccccc5-c5ccc6c7ccccc7c7ccccc7c6c5)c4)n3)c2)C=C1. The molecule has 1 aromatic heterocycles. The highest BCUT2D eigenvalue weighted by Gasteiger charge is 2.17. The third-order valence-corrected chi connectivity index (χ3v) is 11.7. The molecular formula is C58H39N3. The van der Waals surface area contributed by atoms with Crippen LogP contribution in [0.3, 0.4) is 0 Å². The monoisotopic (exact) mass is 777 g/mol. The molecule has 0 fully saturated rings. The summed E-state index contributed by atoms with van der Waals surface area (Å²) in [6, 6.07) is 69.2. The van der Waals surface area contributed by atoms with Crippen LogP contribution in [0.25, 0.3) is 105 Å². The van der Waals surface area contributed by atoms with E-state index in [1.54, 1.807) is 0 Å². The van der Waals surface area contributed by atoms with Gasteiger partial charge in [-0.15, -0.1) is 0 Å². The summed E-state index contributed by atoms with van der Waals surface area (Å²) in [6.45, 7) is 0. The minimum atomic E-state index is 0.622. The molecule has 3 heteroatoms. The average molecular weight is 778 g/mol. The Kier molecular flexibility index (Phi) is 9.25. The van der Waals surface area contributed by atoms with Crippen molar-refractivity contribution in [2.45, 2.75) is 6.42 Å². The lowest BCUT2D eigenvalue weighted by atomic mass is 9.89. The fourth-order valence-electron chi connectivity index (χ4n) is 8.75. The van der Waals surface area contributed by atoms with Crippen molar-refractivity contribution >= 4 is 37.9 Å². The molecule has 10 aromatic rings. The largest absolute Gasteiger partial charge is 0.208 e. The summed E-state index contributed by atoms with van der Waals surface area (Å²) in [5.41, 5.74) is 11.9. The molecule has 0 atom stereocenters. The molecular weight excluding hydrogens is 739 g/mol. The summed E-state index contributed by atoms with van der Waals surface area (Å²) in [5.74, 6) is 1.88. The molecule has 3 nitrogen and oxygen atoms in total. The number of fused-ring (bicyclic) bond motifs is 6. The van der Waals surface area contributed by atoms with Crippen LogP contribution in [0.4, 0.5) is 0 Å². The summed E-state index contributed by atoms with van der Waals surface area (Å²) in [7, 11) is 0. The van der Waals surface area contributed by atoms with Gasteiger partial charge < -0.3 is 0 Å². The molecule has 1 heterocycles. The molecule has 61 heavy (non-hydrogen) atoms. The fourth-order valence-corrected chi connectivity index (χ4v) is 8.75. The highest BCUT2D eigenvalue weighted by molar-refractivity contribution is 6.25. The molecule has 0 unspecified atom stereocenters. The third-order valence-electron chi connectivity index (χ3n) is 11.7. The molecule has 0 saturated carbocycles. The lowest BCUT2D eigenvalue weighted by Gasteiger charge is -2.15. The van der Waals surface area contributed by atoms with Gasteiger partial charge in [0, 0.05) is 16.7 Å². The van der Waals surface area contributed by atoms with E-state index in [0.29, 0.717) is 17.5 Å². The predicted molar refractivity (Wildman–Crippen MR) is 256 cm³/mol. The Hall–Kier alpha value is -8.01. The normalized spacial score (nSPS) is 12.5. The molecule has 0 saturated heterocycles. The van der Waals surface area contributed by atoms with Gasteiger partial charge in [0.2, 0.25) is 0 Å². The van der Waals surface area contributed by atoms with Crippen LogP contribution in [0.2, 0.25) is 0 Å². The molecule has 286 valence electrons. The molecule has 0 N–H and O–H groups in total. The summed E-state index contributed by atoms with van der Waals surface area (Å²) < 4.78 is 0. The zero-order chi connectivity index (χ0) is 40.5. The number of rotatable bonds is 7. The van der Waals surface area contributed by atoms with Gasteiger partial charge in [-0.1, -0.05) is 200 Å². The van der Waals surface area contributed by atoms with Gasteiger partial charge in [-0.25, -0.2) is 15.0 Å². The third kappa shape index (κ3) is 6.92. The van der Waals surface area contributed by atoms with Gasteiger partial charge in [0.25, 0.3) is 0 Å². The Labute approximate surface area is 355 Å². The number of benzene rings is 9. The Balaban J connectivity index is 1.04. The highest BCUT2D eigenvalue weighted by atomic mass is 15.0. The molecule has 11 rings (SSSR count). The van der Waals surface area contributed by atoms with E-state index in [2.05, 4.69) is 218 Å². The van der Waals surface area contributed by atoms with Crippen LogP contribution in [-0.4, -0.2) is 15.0 Å². The van der Waals surface area contributed by atoms with E-state index in [0.717, 1.165) is 50.9 Å². The van der Waals surface area contributed by atoms with Crippen LogP contribution >= 0.6 is 0 Å². The van der Waals surface area contributed by atoms with Crippen molar-refractivity contribution < 1.29 is 0 Å². The molecule has 0 radical (unpaired) electrons. The van der Waals surface area contributed by atoms with Crippen molar-refractivity contribution in [3.05, 3.63) is 230 Å². The zero-order valence-corrected chi connectivity index (χ0v) is 33.4. The van der Waals surface area contributed by atoms with Crippen molar-refractivity contribution in [3.63, 3.8) is 0 Å². The van der Waals surface area contributed by atoms with Crippen LogP contribution in [0, 0.1) is 0 Å². The molecule has 9 aromatic carbocycles.